The minimum atomic E-state index is 0.741. The van der Waals surface area contributed by atoms with Gasteiger partial charge in [0.25, 0.3) is 0 Å². The molecule has 2 nitrogen and oxygen atoms in total. The van der Waals surface area contributed by atoms with Gasteiger partial charge in [0.1, 0.15) is 0 Å². The molecule has 2 heterocycles. The van der Waals surface area contributed by atoms with E-state index in [-0.39, 0.29) is 0 Å². The second-order valence-electron chi connectivity index (χ2n) is 5.21. The molecule has 0 amide bonds. The van der Waals surface area contributed by atoms with Crippen LogP contribution in [-0.4, -0.2) is 9.78 Å². The molecule has 3 aromatic rings. The van der Waals surface area contributed by atoms with E-state index in [1.165, 1.54) is 5.56 Å². The number of hydrogen-bond acceptors (Lipinski definition) is 1. The monoisotopic (exact) mass is 302 g/mol. The first kappa shape index (κ1) is 12.2. The summed E-state index contributed by atoms with van der Waals surface area (Å²) in [7, 11) is 0. The van der Waals surface area contributed by atoms with Crippen LogP contribution in [0.1, 0.15) is 11.1 Å². The lowest BCUT2D eigenvalue weighted by Gasteiger charge is -2.19. The predicted octanol–water partition coefficient (Wildman–Crippen LogP) is 4.87. The van der Waals surface area contributed by atoms with Crippen LogP contribution in [0, 0.1) is 6.92 Å². The van der Waals surface area contributed by atoms with Crippen molar-refractivity contribution in [3.05, 3.63) is 51.5 Å². The Labute approximate surface area is 126 Å². The Morgan fingerprint density at radius 3 is 2.90 bits per heavy atom. The lowest BCUT2D eigenvalue weighted by atomic mass is 9.96. The van der Waals surface area contributed by atoms with Crippen LogP contribution in [0.25, 0.3) is 22.2 Å². The van der Waals surface area contributed by atoms with Crippen LogP contribution in [-0.2, 0) is 13.0 Å². The van der Waals surface area contributed by atoms with Crippen molar-refractivity contribution in [2.24, 2.45) is 0 Å². The maximum Gasteiger partial charge on any atom is 0.0960 e. The maximum atomic E-state index is 6.43. The summed E-state index contributed by atoms with van der Waals surface area (Å²) in [6, 6.07) is 10.0. The SMILES string of the molecule is Cc1cc(Cl)cc2c3n(nc12)CCc1cccc(Cl)c1-3. The highest BCUT2D eigenvalue weighted by molar-refractivity contribution is 6.34. The van der Waals surface area contributed by atoms with E-state index < -0.39 is 0 Å². The van der Waals surface area contributed by atoms with Crippen molar-refractivity contribution in [2.75, 3.05) is 0 Å². The molecule has 0 saturated heterocycles. The molecule has 1 aliphatic heterocycles. The Bertz CT molecular complexity index is 849. The first-order chi connectivity index (χ1) is 9.65. The second kappa shape index (κ2) is 4.24. The molecule has 4 heteroatoms. The van der Waals surface area contributed by atoms with Gasteiger partial charge in [0.2, 0.25) is 0 Å². The van der Waals surface area contributed by atoms with Gasteiger partial charge in [-0.25, -0.2) is 0 Å². The Morgan fingerprint density at radius 1 is 1.20 bits per heavy atom. The molecule has 0 spiro atoms. The van der Waals surface area contributed by atoms with Gasteiger partial charge in [0.15, 0.2) is 0 Å². The van der Waals surface area contributed by atoms with Crippen LogP contribution >= 0.6 is 23.2 Å². The van der Waals surface area contributed by atoms with E-state index in [1.807, 2.05) is 31.2 Å². The van der Waals surface area contributed by atoms with Crippen LogP contribution in [0.15, 0.2) is 30.3 Å². The highest BCUT2D eigenvalue weighted by Crippen LogP contribution is 2.40. The van der Waals surface area contributed by atoms with Crippen molar-refractivity contribution < 1.29 is 0 Å². The highest BCUT2D eigenvalue weighted by atomic mass is 35.5. The van der Waals surface area contributed by atoms with Crippen molar-refractivity contribution >= 4 is 34.1 Å². The summed E-state index contributed by atoms with van der Waals surface area (Å²) >= 11 is 12.7. The van der Waals surface area contributed by atoms with Gasteiger partial charge in [-0.05, 0) is 42.7 Å². The van der Waals surface area contributed by atoms with Crippen molar-refractivity contribution in [1.82, 2.24) is 9.78 Å². The van der Waals surface area contributed by atoms with Gasteiger partial charge in [0.05, 0.1) is 16.2 Å². The fourth-order valence-corrected chi connectivity index (χ4v) is 3.61. The van der Waals surface area contributed by atoms with Crippen molar-refractivity contribution in [2.45, 2.75) is 19.9 Å². The zero-order chi connectivity index (χ0) is 13.9. The summed E-state index contributed by atoms with van der Waals surface area (Å²) in [4.78, 5) is 0. The Hall–Kier alpha value is -1.51. The van der Waals surface area contributed by atoms with E-state index in [0.717, 1.165) is 50.7 Å². The number of fused-ring (bicyclic) bond motifs is 5. The van der Waals surface area contributed by atoms with E-state index in [0.29, 0.717) is 0 Å². The van der Waals surface area contributed by atoms with Gasteiger partial charge in [-0.1, -0.05) is 35.3 Å². The quantitative estimate of drug-likeness (QED) is 0.579. The predicted molar refractivity (Wildman–Crippen MR) is 83.6 cm³/mol. The van der Waals surface area contributed by atoms with Crippen LogP contribution in [0.2, 0.25) is 10.0 Å². The van der Waals surface area contributed by atoms with E-state index in [1.54, 1.807) is 0 Å². The van der Waals surface area contributed by atoms with Gasteiger partial charge >= 0.3 is 0 Å². The lowest BCUT2D eigenvalue weighted by molar-refractivity contribution is 0.613. The number of halogens is 2. The summed E-state index contributed by atoms with van der Waals surface area (Å²) in [5.41, 5.74) is 5.59. The molecule has 0 fully saturated rings. The summed E-state index contributed by atoms with van der Waals surface area (Å²) < 4.78 is 2.06. The number of hydrogen-bond donors (Lipinski definition) is 0. The summed E-state index contributed by atoms with van der Waals surface area (Å²) in [5.74, 6) is 0. The van der Waals surface area contributed by atoms with E-state index in [9.17, 15) is 0 Å². The number of benzene rings is 2. The molecule has 0 unspecified atom stereocenters. The highest BCUT2D eigenvalue weighted by Gasteiger charge is 2.23. The minimum Gasteiger partial charge on any atom is -0.263 e. The van der Waals surface area contributed by atoms with Crippen LogP contribution in [0.4, 0.5) is 0 Å². The molecule has 0 N–H and O–H groups in total. The van der Waals surface area contributed by atoms with Gasteiger partial charge in [0, 0.05) is 22.5 Å². The molecular weight excluding hydrogens is 291 g/mol. The van der Waals surface area contributed by atoms with Gasteiger partial charge in [-0.2, -0.15) is 5.10 Å². The zero-order valence-corrected chi connectivity index (χ0v) is 12.5. The third-order valence-electron chi connectivity index (χ3n) is 3.93. The maximum absolute atomic E-state index is 6.43. The van der Waals surface area contributed by atoms with Crippen LogP contribution in [0.3, 0.4) is 0 Å². The van der Waals surface area contributed by atoms with E-state index in [4.69, 9.17) is 28.3 Å². The first-order valence-corrected chi connectivity index (χ1v) is 7.35. The molecular formula is C16H12Cl2N2. The topological polar surface area (TPSA) is 17.8 Å². The molecule has 0 saturated carbocycles. The molecule has 1 aliphatic rings. The average Bonchev–Trinajstić information content (AvgIpc) is 2.78. The van der Waals surface area contributed by atoms with Crippen molar-refractivity contribution in [3.63, 3.8) is 0 Å². The molecule has 4 rings (SSSR count). The summed E-state index contributed by atoms with van der Waals surface area (Å²) in [6.07, 6.45) is 0.962. The molecule has 0 aliphatic carbocycles. The van der Waals surface area contributed by atoms with Gasteiger partial charge < -0.3 is 0 Å². The molecule has 2 aromatic carbocycles. The second-order valence-corrected chi connectivity index (χ2v) is 6.06. The molecule has 0 atom stereocenters. The average molecular weight is 303 g/mol. The normalized spacial score (nSPS) is 13.3. The number of nitrogens with zero attached hydrogens (tertiary/aromatic N) is 2. The molecule has 100 valence electrons. The molecule has 20 heavy (non-hydrogen) atoms. The third-order valence-corrected chi connectivity index (χ3v) is 4.46. The fraction of sp³-hybridized carbons (Fsp3) is 0.188. The Morgan fingerprint density at radius 2 is 2.05 bits per heavy atom. The fourth-order valence-electron chi connectivity index (χ4n) is 3.05. The van der Waals surface area contributed by atoms with Gasteiger partial charge in [-0.15, -0.1) is 0 Å². The Kier molecular flexibility index (Phi) is 2.60. The van der Waals surface area contributed by atoms with E-state index in [2.05, 4.69) is 10.7 Å². The van der Waals surface area contributed by atoms with Crippen molar-refractivity contribution in [3.8, 4) is 11.3 Å². The first-order valence-electron chi connectivity index (χ1n) is 6.59. The van der Waals surface area contributed by atoms with Crippen molar-refractivity contribution in [1.29, 1.82) is 0 Å². The molecule has 1 aromatic heterocycles. The summed E-state index contributed by atoms with van der Waals surface area (Å²) in [5, 5.41) is 7.34. The third kappa shape index (κ3) is 1.62. The smallest absolute Gasteiger partial charge is 0.0960 e. The van der Waals surface area contributed by atoms with Crippen LogP contribution in [0.5, 0.6) is 0 Å². The Balaban J connectivity index is 2.17. The minimum absolute atomic E-state index is 0.741. The lowest BCUT2D eigenvalue weighted by Crippen LogP contribution is -2.12. The zero-order valence-electron chi connectivity index (χ0n) is 11.0. The summed E-state index contributed by atoms with van der Waals surface area (Å²) in [6.45, 7) is 2.93. The number of rotatable bonds is 0. The standard InChI is InChI=1S/C16H12Cl2N2/c1-9-7-11(17)8-12-15(9)19-20-6-5-10-3-2-4-13(18)14(10)16(12)20/h2-4,7-8H,5-6H2,1H3. The van der Waals surface area contributed by atoms with Crippen LogP contribution < -0.4 is 0 Å². The molecule has 0 radical (unpaired) electrons. The number of aromatic nitrogens is 2. The van der Waals surface area contributed by atoms with Gasteiger partial charge in [-0.3, -0.25) is 4.68 Å². The number of aryl methyl sites for hydroxylation is 3. The molecule has 0 bridgehead atoms. The van der Waals surface area contributed by atoms with E-state index >= 15 is 0 Å². The largest absolute Gasteiger partial charge is 0.263 e.